The van der Waals surface area contributed by atoms with Gasteiger partial charge in [0.2, 0.25) is 17.8 Å². The molecule has 29 heavy (non-hydrogen) atoms. The molecule has 0 atom stereocenters. The zero-order chi connectivity index (χ0) is 20.0. The van der Waals surface area contributed by atoms with Gasteiger partial charge in [-0.2, -0.15) is 19.6 Å². The van der Waals surface area contributed by atoms with Gasteiger partial charge in [-0.3, -0.25) is 14.9 Å². The molecule has 5 rings (SSSR count). The van der Waals surface area contributed by atoms with Crippen LogP contribution in [0.15, 0.2) is 36.0 Å². The van der Waals surface area contributed by atoms with E-state index in [1.165, 1.54) is 10.6 Å². The van der Waals surface area contributed by atoms with Gasteiger partial charge in [0.05, 0.1) is 18.3 Å². The smallest absolute Gasteiger partial charge is 0.254 e. The van der Waals surface area contributed by atoms with E-state index >= 15 is 0 Å². The summed E-state index contributed by atoms with van der Waals surface area (Å²) in [4.78, 5) is 32.2. The first-order valence-corrected chi connectivity index (χ1v) is 9.15. The van der Waals surface area contributed by atoms with Gasteiger partial charge in [-0.1, -0.05) is 12.1 Å². The first-order valence-electron chi connectivity index (χ1n) is 9.15. The highest BCUT2D eigenvalue weighted by Crippen LogP contribution is 2.27. The summed E-state index contributed by atoms with van der Waals surface area (Å²) >= 11 is 0. The second-order valence-corrected chi connectivity index (χ2v) is 6.95. The third-order valence-corrected chi connectivity index (χ3v) is 4.65. The maximum absolute atomic E-state index is 14.0. The molecule has 9 nitrogen and oxygen atoms in total. The number of imide groups is 1. The summed E-state index contributed by atoms with van der Waals surface area (Å²) in [5.74, 6) is -0.537. The van der Waals surface area contributed by atoms with Crippen LogP contribution in [-0.4, -0.2) is 37.4 Å². The molecule has 0 unspecified atom stereocenters. The van der Waals surface area contributed by atoms with Crippen LogP contribution in [0, 0.1) is 5.82 Å². The molecule has 1 saturated carbocycles. The number of carbonyl (C=O) groups excluding carboxylic acids is 2. The molecular weight excluding hydrogens is 377 g/mol. The van der Waals surface area contributed by atoms with Crippen molar-refractivity contribution >= 4 is 41.1 Å². The van der Waals surface area contributed by atoms with Crippen molar-refractivity contribution in [2.24, 2.45) is 0 Å². The van der Waals surface area contributed by atoms with E-state index in [0.29, 0.717) is 28.8 Å². The van der Waals surface area contributed by atoms with E-state index in [1.807, 2.05) is 0 Å². The maximum Gasteiger partial charge on any atom is 0.254 e. The van der Waals surface area contributed by atoms with Crippen LogP contribution in [-0.2, 0) is 9.59 Å². The summed E-state index contributed by atoms with van der Waals surface area (Å²) in [5.41, 5.74) is 1.57. The molecule has 2 amide bonds. The second kappa shape index (κ2) is 6.66. The van der Waals surface area contributed by atoms with Crippen molar-refractivity contribution in [2.75, 3.05) is 10.6 Å². The van der Waals surface area contributed by atoms with E-state index in [4.69, 9.17) is 0 Å². The number of nitrogens with zero attached hydrogens (tertiary/aromatic N) is 4. The van der Waals surface area contributed by atoms with E-state index in [0.717, 1.165) is 12.8 Å². The molecule has 1 aliphatic carbocycles. The molecule has 10 heteroatoms. The number of nitrogens with one attached hydrogen (secondary N) is 3. The Labute approximate surface area is 164 Å². The SMILES string of the molecule is O=C1C/C(=C\c2cnn3c(NC4CC4)nc(Nc4ccccc4F)nc23)C(=O)N1. The molecular formula is C19H16FN7O2. The Morgan fingerprint density at radius 1 is 1.21 bits per heavy atom. The highest BCUT2D eigenvalue weighted by atomic mass is 19.1. The monoisotopic (exact) mass is 393 g/mol. The van der Waals surface area contributed by atoms with Crippen molar-refractivity contribution in [1.82, 2.24) is 24.9 Å². The molecule has 0 bridgehead atoms. The van der Waals surface area contributed by atoms with Crippen molar-refractivity contribution in [3.63, 3.8) is 0 Å². The molecule has 2 fully saturated rings. The van der Waals surface area contributed by atoms with Gasteiger partial charge in [-0.15, -0.1) is 0 Å². The van der Waals surface area contributed by atoms with Gasteiger partial charge < -0.3 is 10.6 Å². The van der Waals surface area contributed by atoms with Gasteiger partial charge in [0.1, 0.15) is 5.82 Å². The number of hydrogen-bond acceptors (Lipinski definition) is 7. The lowest BCUT2D eigenvalue weighted by molar-refractivity contribution is -0.124. The van der Waals surface area contributed by atoms with Crippen LogP contribution >= 0.6 is 0 Å². The van der Waals surface area contributed by atoms with Gasteiger partial charge in [0.25, 0.3) is 5.91 Å². The Kier molecular flexibility index (Phi) is 3.97. The van der Waals surface area contributed by atoms with Crippen LogP contribution in [0.5, 0.6) is 0 Å². The Morgan fingerprint density at radius 3 is 2.76 bits per heavy atom. The molecule has 2 aromatic heterocycles. The third kappa shape index (κ3) is 3.40. The number of rotatable bonds is 5. The van der Waals surface area contributed by atoms with Crippen LogP contribution in [0.4, 0.5) is 22.0 Å². The van der Waals surface area contributed by atoms with E-state index in [2.05, 4.69) is 31.0 Å². The lowest BCUT2D eigenvalue weighted by Crippen LogP contribution is -2.19. The first-order chi connectivity index (χ1) is 14.1. The number of aromatic nitrogens is 4. The van der Waals surface area contributed by atoms with Crippen molar-refractivity contribution in [3.05, 3.63) is 47.4 Å². The average molecular weight is 393 g/mol. The highest BCUT2D eigenvalue weighted by molar-refractivity contribution is 6.15. The number of hydrogen-bond donors (Lipinski definition) is 3. The Morgan fingerprint density at radius 2 is 2.03 bits per heavy atom. The van der Waals surface area contributed by atoms with Crippen molar-refractivity contribution in [2.45, 2.75) is 25.3 Å². The third-order valence-electron chi connectivity index (χ3n) is 4.65. The standard InChI is InChI=1S/C19H16FN7O2/c20-13-3-1-2-4-14(13)23-18-25-16-11(7-10-8-15(28)24-17(10)29)9-21-27(16)19(26-18)22-12-5-6-12/h1-4,7,9,12H,5-6,8H2,(H,24,28,29)(H2,22,23,25,26)/b10-7+. The molecule has 1 aliphatic heterocycles. The van der Waals surface area contributed by atoms with Crippen molar-refractivity contribution in [1.29, 1.82) is 0 Å². The molecule has 2 aliphatic rings. The van der Waals surface area contributed by atoms with Gasteiger partial charge in [0.15, 0.2) is 5.65 Å². The van der Waals surface area contributed by atoms with Crippen LogP contribution in [0.2, 0.25) is 0 Å². The fraction of sp³-hybridized carbons (Fsp3) is 0.211. The van der Waals surface area contributed by atoms with E-state index < -0.39 is 11.7 Å². The fourth-order valence-corrected chi connectivity index (χ4v) is 3.05. The normalized spacial score (nSPS) is 17.8. The summed E-state index contributed by atoms with van der Waals surface area (Å²) in [5, 5.41) is 12.7. The topological polar surface area (TPSA) is 113 Å². The van der Waals surface area contributed by atoms with Crippen LogP contribution < -0.4 is 16.0 Å². The average Bonchev–Trinajstić information content (AvgIpc) is 3.33. The number of halogens is 1. The molecule has 3 aromatic rings. The molecule has 1 saturated heterocycles. The minimum atomic E-state index is -0.426. The number of carbonyl (C=O) groups is 2. The van der Waals surface area contributed by atoms with Crippen LogP contribution in [0.1, 0.15) is 24.8 Å². The van der Waals surface area contributed by atoms with Gasteiger partial charge in [0, 0.05) is 17.2 Å². The van der Waals surface area contributed by atoms with Crippen LogP contribution in [0.25, 0.3) is 11.7 Å². The van der Waals surface area contributed by atoms with E-state index in [9.17, 15) is 14.0 Å². The highest BCUT2D eigenvalue weighted by Gasteiger charge is 2.26. The van der Waals surface area contributed by atoms with Crippen molar-refractivity contribution < 1.29 is 14.0 Å². The van der Waals surface area contributed by atoms with E-state index in [1.54, 1.807) is 30.5 Å². The second-order valence-electron chi connectivity index (χ2n) is 6.95. The van der Waals surface area contributed by atoms with Gasteiger partial charge in [-0.05, 0) is 31.1 Å². The van der Waals surface area contributed by atoms with Gasteiger partial charge >= 0.3 is 0 Å². The Hall–Kier alpha value is -3.82. The zero-order valence-electron chi connectivity index (χ0n) is 15.1. The number of para-hydroxylation sites is 1. The maximum atomic E-state index is 14.0. The summed E-state index contributed by atoms with van der Waals surface area (Å²) < 4.78 is 15.6. The van der Waals surface area contributed by atoms with Crippen molar-refractivity contribution in [3.8, 4) is 0 Å². The lowest BCUT2D eigenvalue weighted by atomic mass is 10.1. The quantitative estimate of drug-likeness (QED) is 0.449. The Bertz CT molecular complexity index is 1180. The molecule has 146 valence electrons. The minimum absolute atomic E-state index is 0.00870. The number of amides is 2. The Balaban J connectivity index is 1.59. The fourth-order valence-electron chi connectivity index (χ4n) is 3.05. The predicted molar refractivity (Wildman–Crippen MR) is 103 cm³/mol. The largest absolute Gasteiger partial charge is 0.351 e. The summed E-state index contributed by atoms with van der Waals surface area (Å²) in [6, 6.07) is 6.54. The summed E-state index contributed by atoms with van der Waals surface area (Å²) in [6.45, 7) is 0. The first kappa shape index (κ1) is 17.3. The zero-order valence-corrected chi connectivity index (χ0v) is 15.1. The number of anilines is 3. The van der Waals surface area contributed by atoms with Crippen LogP contribution in [0.3, 0.4) is 0 Å². The predicted octanol–water partition coefficient (Wildman–Crippen LogP) is 2.01. The molecule has 1 aromatic carbocycles. The number of benzene rings is 1. The van der Waals surface area contributed by atoms with Gasteiger partial charge in [-0.25, -0.2) is 4.39 Å². The summed E-state index contributed by atoms with van der Waals surface area (Å²) in [7, 11) is 0. The minimum Gasteiger partial charge on any atom is -0.351 e. The molecule has 0 spiro atoms. The summed E-state index contributed by atoms with van der Waals surface area (Å²) in [6.07, 6.45) is 5.21. The molecule has 3 heterocycles. The number of fused-ring (bicyclic) bond motifs is 1. The lowest BCUT2D eigenvalue weighted by Gasteiger charge is -2.10. The molecule has 0 radical (unpaired) electrons. The van der Waals surface area contributed by atoms with E-state index in [-0.39, 0.29) is 24.0 Å². The molecule has 3 N–H and O–H groups in total.